The molecule has 11 heteroatoms. The van der Waals surface area contributed by atoms with E-state index in [-0.39, 0.29) is 30.0 Å². The van der Waals surface area contributed by atoms with E-state index < -0.39 is 6.36 Å². The molecule has 7 nitrogen and oxygen atoms in total. The number of halogens is 3. The van der Waals surface area contributed by atoms with Crippen LogP contribution in [0.5, 0.6) is 5.75 Å². The highest BCUT2D eigenvalue weighted by Gasteiger charge is 2.31. The first-order valence-electron chi connectivity index (χ1n) is 9.16. The Kier molecular flexibility index (Phi) is 6.80. The van der Waals surface area contributed by atoms with Crippen LogP contribution in [0.3, 0.4) is 0 Å². The van der Waals surface area contributed by atoms with Crippen molar-refractivity contribution in [2.45, 2.75) is 25.6 Å². The number of alkyl halides is 3. The molecular weight excluding hydrogens is 423 g/mol. The summed E-state index contributed by atoms with van der Waals surface area (Å²) in [4.78, 5) is 30.1. The van der Waals surface area contributed by atoms with E-state index in [1.54, 1.807) is 10.3 Å². The topological polar surface area (TPSA) is 80.8 Å². The summed E-state index contributed by atoms with van der Waals surface area (Å²) in [5.74, 6) is -0.782. The molecular formula is C19H20F3N3O4S. The van der Waals surface area contributed by atoms with Crippen molar-refractivity contribution in [2.75, 3.05) is 25.5 Å². The average Bonchev–Trinajstić information content (AvgIpc) is 3.14. The third-order valence-corrected chi connectivity index (χ3v) is 5.41. The van der Waals surface area contributed by atoms with Gasteiger partial charge in [0.05, 0.1) is 25.1 Å². The molecule has 1 fully saturated rings. The Morgan fingerprint density at radius 3 is 2.50 bits per heavy atom. The zero-order valence-corrected chi connectivity index (χ0v) is 16.9. The van der Waals surface area contributed by atoms with Crippen molar-refractivity contribution in [1.82, 2.24) is 9.88 Å². The maximum Gasteiger partial charge on any atom is 0.573 e. The van der Waals surface area contributed by atoms with Crippen LogP contribution in [-0.4, -0.2) is 48.3 Å². The molecule has 1 aromatic carbocycles. The molecule has 0 bridgehead atoms. The van der Waals surface area contributed by atoms with Crippen LogP contribution in [0.2, 0.25) is 0 Å². The molecule has 0 radical (unpaired) electrons. The lowest BCUT2D eigenvalue weighted by molar-refractivity contribution is -0.274. The Morgan fingerprint density at radius 1 is 1.23 bits per heavy atom. The van der Waals surface area contributed by atoms with Gasteiger partial charge in [0.1, 0.15) is 5.75 Å². The number of nitrogens with zero attached hydrogens (tertiary/aromatic N) is 2. The average molecular weight is 443 g/mol. The van der Waals surface area contributed by atoms with Gasteiger partial charge in [-0.1, -0.05) is 0 Å². The number of rotatable bonds is 6. The molecule has 30 heavy (non-hydrogen) atoms. The number of esters is 1. The van der Waals surface area contributed by atoms with Gasteiger partial charge in [0.25, 0.3) is 0 Å². The van der Waals surface area contributed by atoms with E-state index in [4.69, 9.17) is 4.74 Å². The minimum atomic E-state index is -4.74. The maximum absolute atomic E-state index is 12.5. The van der Waals surface area contributed by atoms with Gasteiger partial charge in [-0.15, -0.1) is 24.5 Å². The number of methoxy groups -OCH3 is 1. The second-order valence-electron chi connectivity index (χ2n) is 6.70. The van der Waals surface area contributed by atoms with Crippen LogP contribution >= 0.6 is 11.3 Å². The van der Waals surface area contributed by atoms with Crippen LogP contribution < -0.4 is 10.1 Å². The summed E-state index contributed by atoms with van der Waals surface area (Å²) in [6.45, 7) is 1.00. The molecule has 3 rings (SSSR count). The summed E-state index contributed by atoms with van der Waals surface area (Å²) < 4.78 is 45.2. The van der Waals surface area contributed by atoms with Crippen LogP contribution in [0.4, 0.5) is 24.0 Å². The van der Waals surface area contributed by atoms with E-state index in [0.717, 1.165) is 0 Å². The van der Waals surface area contributed by atoms with E-state index in [9.17, 15) is 22.8 Å². The van der Waals surface area contributed by atoms with Crippen molar-refractivity contribution in [1.29, 1.82) is 0 Å². The van der Waals surface area contributed by atoms with Crippen LogP contribution in [0, 0.1) is 5.92 Å². The zero-order chi connectivity index (χ0) is 21.7. The summed E-state index contributed by atoms with van der Waals surface area (Å²) >= 11 is 1.29. The van der Waals surface area contributed by atoms with Gasteiger partial charge in [0, 0.05) is 24.2 Å². The lowest BCUT2D eigenvalue weighted by atomic mass is 9.97. The lowest BCUT2D eigenvalue weighted by Gasteiger charge is -2.30. The summed E-state index contributed by atoms with van der Waals surface area (Å²) in [5, 5.41) is 5.26. The molecule has 1 aliphatic rings. The number of hydrogen-bond acceptors (Lipinski definition) is 7. The van der Waals surface area contributed by atoms with E-state index in [2.05, 4.69) is 15.0 Å². The van der Waals surface area contributed by atoms with E-state index in [0.29, 0.717) is 42.4 Å². The molecule has 1 aromatic heterocycles. The molecule has 1 aliphatic heterocycles. The number of thiazole rings is 1. The Bertz CT molecular complexity index is 878. The smallest absolute Gasteiger partial charge is 0.469 e. The molecule has 1 amide bonds. The van der Waals surface area contributed by atoms with Crippen LogP contribution in [0.1, 0.15) is 18.5 Å². The summed E-state index contributed by atoms with van der Waals surface area (Å²) in [6.07, 6.45) is -3.44. The van der Waals surface area contributed by atoms with Crippen molar-refractivity contribution in [3.05, 3.63) is 35.3 Å². The third kappa shape index (κ3) is 6.09. The second-order valence-corrected chi connectivity index (χ2v) is 7.55. The molecule has 2 heterocycles. The van der Waals surface area contributed by atoms with Gasteiger partial charge >= 0.3 is 12.3 Å². The minimum Gasteiger partial charge on any atom is -0.469 e. The van der Waals surface area contributed by atoms with Gasteiger partial charge in [-0.05, 0) is 37.1 Å². The highest BCUT2D eigenvalue weighted by Crippen LogP contribution is 2.27. The number of carbonyl (C=O) groups is 2. The number of aromatic nitrogens is 1. The number of benzene rings is 1. The second kappa shape index (κ2) is 9.33. The number of carbonyl (C=O) groups excluding carboxylic acids is 2. The Hall–Kier alpha value is -2.82. The van der Waals surface area contributed by atoms with Crippen LogP contribution in [0.15, 0.2) is 29.6 Å². The molecule has 0 aliphatic carbocycles. The molecule has 1 N–H and O–H groups in total. The predicted molar refractivity (Wildman–Crippen MR) is 104 cm³/mol. The van der Waals surface area contributed by atoms with Gasteiger partial charge < -0.3 is 19.7 Å². The molecule has 0 saturated carbocycles. The van der Waals surface area contributed by atoms with Crippen LogP contribution in [0.25, 0.3) is 0 Å². The fraction of sp³-hybridized carbons (Fsp3) is 0.421. The Balaban J connectivity index is 1.50. The number of ether oxygens (including phenoxy) is 2. The summed E-state index contributed by atoms with van der Waals surface area (Å²) in [5.41, 5.74) is 1.14. The van der Waals surface area contributed by atoms with Crippen molar-refractivity contribution in [3.63, 3.8) is 0 Å². The SMILES string of the molecule is COC(=O)C1CCN(C(=O)Cc2csc(Nc3ccc(OC(F)(F)F)cc3)n2)CC1. The van der Waals surface area contributed by atoms with Crippen LogP contribution in [-0.2, 0) is 20.7 Å². The molecule has 162 valence electrons. The fourth-order valence-electron chi connectivity index (χ4n) is 3.11. The Morgan fingerprint density at radius 2 is 1.90 bits per heavy atom. The zero-order valence-electron chi connectivity index (χ0n) is 16.1. The van der Waals surface area contributed by atoms with Gasteiger partial charge in [-0.2, -0.15) is 0 Å². The number of hydrogen-bond donors (Lipinski definition) is 1. The third-order valence-electron chi connectivity index (χ3n) is 4.61. The van der Waals surface area contributed by atoms with E-state index in [1.807, 2.05) is 0 Å². The van der Waals surface area contributed by atoms with Crippen molar-refractivity contribution < 1.29 is 32.2 Å². The monoisotopic (exact) mass is 443 g/mol. The highest BCUT2D eigenvalue weighted by atomic mass is 32.1. The normalized spacial score (nSPS) is 15.0. The molecule has 2 aromatic rings. The molecule has 0 atom stereocenters. The van der Waals surface area contributed by atoms with Gasteiger partial charge in [-0.3, -0.25) is 9.59 Å². The maximum atomic E-state index is 12.5. The molecule has 0 unspecified atom stereocenters. The fourth-order valence-corrected chi connectivity index (χ4v) is 3.84. The van der Waals surface area contributed by atoms with Gasteiger partial charge in [0.15, 0.2) is 5.13 Å². The van der Waals surface area contributed by atoms with Crippen molar-refractivity contribution >= 4 is 34.0 Å². The minimum absolute atomic E-state index is 0.0659. The first kappa shape index (κ1) is 21.9. The standard InChI is InChI=1S/C19H20F3N3O4S/c1-28-17(27)12-6-8-25(9-7-12)16(26)10-14-11-30-18(24-14)23-13-2-4-15(5-3-13)29-19(20,21)22/h2-5,11-12H,6-10H2,1H3,(H,23,24). The number of anilines is 2. The van der Waals surface area contributed by atoms with Gasteiger partial charge in [0.2, 0.25) is 5.91 Å². The highest BCUT2D eigenvalue weighted by molar-refractivity contribution is 7.13. The quantitative estimate of drug-likeness (QED) is 0.686. The van der Waals surface area contributed by atoms with Crippen molar-refractivity contribution in [2.24, 2.45) is 5.92 Å². The number of amides is 1. The van der Waals surface area contributed by atoms with E-state index in [1.165, 1.54) is 42.7 Å². The molecule has 1 saturated heterocycles. The molecule has 0 spiro atoms. The first-order valence-corrected chi connectivity index (χ1v) is 10.0. The predicted octanol–water partition coefficient (Wildman–Crippen LogP) is 3.74. The summed E-state index contributed by atoms with van der Waals surface area (Å²) in [7, 11) is 1.36. The number of likely N-dealkylation sites (tertiary alicyclic amines) is 1. The van der Waals surface area contributed by atoms with Crippen molar-refractivity contribution in [3.8, 4) is 5.75 Å². The van der Waals surface area contributed by atoms with E-state index >= 15 is 0 Å². The first-order chi connectivity index (χ1) is 14.2. The largest absolute Gasteiger partial charge is 0.573 e. The summed E-state index contributed by atoms with van der Waals surface area (Å²) in [6, 6.07) is 5.29. The lowest BCUT2D eigenvalue weighted by Crippen LogP contribution is -2.41. The van der Waals surface area contributed by atoms with Gasteiger partial charge in [-0.25, -0.2) is 4.98 Å². The number of nitrogens with one attached hydrogen (secondary N) is 1. The number of piperidine rings is 1. The Labute approximate surface area is 174 Å².